The normalized spacial score (nSPS) is 19.9. The Morgan fingerprint density at radius 3 is 2.22 bits per heavy atom. The maximum atomic E-state index is 12.3. The monoisotopic (exact) mass is 347 g/mol. The summed E-state index contributed by atoms with van der Waals surface area (Å²) in [6.07, 6.45) is 3.39. The number of amides is 2. The number of carbonyl (C=O) groups is 2. The van der Waals surface area contributed by atoms with Gasteiger partial charge in [0, 0.05) is 45.1 Å². The van der Waals surface area contributed by atoms with Crippen molar-refractivity contribution >= 4 is 24.2 Å². The fourth-order valence-corrected chi connectivity index (χ4v) is 3.02. The third kappa shape index (κ3) is 6.68. The predicted molar refractivity (Wildman–Crippen MR) is 96.6 cm³/mol. The number of nitrogens with two attached hydrogens (primary N) is 1. The molecule has 5 nitrogen and oxygen atoms in total. The molecule has 2 amide bonds. The highest BCUT2D eigenvalue weighted by molar-refractivity contribution is 5.85. The van der Waals surface area contributed by atoms with Gasteiger partial charge in [0.05, 0.1) is 0 Å². The fraction of sp³-hybridized carbons (Fsp3) is 0.882. The van der Waals surface area contributed by atoms with E-state index in [2.05, 4.69) is 27.7 Å². The van der Waals surface area contributed by atoms with Gasteiger partial charge >= 0.3 is 0 Å². The van der Waals surface area contributed by atoms with E-state index in [1.165, 1.54) is 0 Å². The maximum absolute atomic E-state index is 12.3. The number of halogens is 1. The molecule has 1 unspecified atom stereocenters. The molecule has 0 saturated carbocycles. The maximum Gasteiger partial charge on any atom is 0.223 e. The van der Waals surface area contributed by atoms with Gasteiger partial charge < -0.3 is 15.5 Å². The van der Waals surface area contributed by atoms with E-state index in [9.17, 15) is 9.59 Å². The Kier molecular flexibility index (Phi) is 9.78. The molecule has 1 aliphatic heterocycles. The second-order valence-electron chi connectivity index (χ2n) is 7.08. The van der Waals surface area contributed by atoms with Crippen molar-refractivity contribution in [2.75, 3.05) is 26.2 Å². The van der Waals surface area contributed by atoms with Gasteiger partial charge in [-0.25, -0.2) is 0 Å². The van der Waals surface area contributed by atoms with E-state index in [0.717, 1.165) is 32.4 Å². The topological polar surface area (TPSA) is 66.6 Å². The Bertz CT molecular complexity index is 382. The zero-order valence-corrected chi connectivity index (χ0v) is 16.0. The second-order valence-corrected chi connectivity index (χ2v) is 7.08. The lowest BCUT2D eigenvalue weighted by molar-refractivity contribution is -0.139. The van der Waals surface area contributed by atoms with Gasteiger partial charge in [0.25, 0.3) is 0 Å². The zero-order valence-electron chi connectivity index (χ0n) is 15.1. The lowest BCUT2D eigenvalue weighted by atomic mass is 9.79. The van der Waals surface area contributed by atoms with Gasteiger partial charge in [0.2, 0.25) is 11.8 Å². The van der Waals surface area contributed by atoms with Crippen LogP contribution in [-0.4, -0.2) is 53.8 Å². The lowest BCUT2D eigenvalue weighted by Crippen LogP contribution is -2.54. The van der Waals surface area contributed by atoms with E-state index in [1.54, 1.807) is 0 Å². The van der Waals surface area contributed by atoms with Crippen molar-refractivity contribution < 1.29 is 9.59 Å². The minimum atomic E-state index is -0.0472. The molecule has 0 aliphatic carbocycles. The summed E-state index contributed by atoms with van der Waals surface area (Å²) in [5.41, 5.74) is 6.06. The lowest BCUT2D eigenvalue weighted by Gasteiger charge is -2.42. The molecule has 0 aromatic rings. The molecule has 23 heavy (non-hydrogen) atoms. The van der Waals surface area contributed by atoms with Crippen LogP contribution in [0.1, 0.15) is 59.8 Å². The number of nitrogens with zero attached hydrogens (tertiary/aromatic N) is 2. The zero-order chi connectivity index (χ0) is 16.8. The van der Waals surface area contributed by atoms with Crippen LogP contribution in [0.4, 0.5) is 0 Å². The summed E-state index contributed by atoms with van der Waals surface area (Å²) in [6.45, 7) is 11.3. The Morgan fingerprint density at radius 2 is 1.74 bits per heavy atom. The minimum absolute atomic E-state index is 0. The average molecular weight is 348 g/mol. The molecule has 2 N–H and O–H groups in total. The van der Waals surface area contributed by atoms with Crippen LogP contribution in [0.3, 0.4) is 0 Å². The second kappa shape index (κ2) is 10.1. The van der Waals surface area contributed by atoms with E-state index in [1.807, 2.05) is 9.80 Å². The van der Waals surface area contributed by atoms with Gasteiger partial charge in [-0.1, -0.05) is 27.7 Å². The van der Waals surface area contributed by atoms with Gasteiger partial charge in [-0.3, -0.25) is 9.59 Å². The van der Waals surface area contributed by atoms with Gasteiger partial charge in [0.1, 0.15) is 0 Å². The van der Waals surface area contributed by atoms with E-state index >= 15 is 0 Å². The van der Waals surface area contributed by atoms with Crippen LogP contribution in [0.15, 0.2) is 0 Å². The smallest absolute Gasteiger partial charge is 0.223 e. The number of likely N-dealkylation sites (tertiary alicyclic amines) is 1. The molecular formula is C17H34ClN3O2. The molecule has 1 atom stereocenters. The van der Waals surface area contributed by atoms with Crippen LogP contribution in [0, 0.1) is 5.41 Å². The van der Waals surface area contributed by atoms with Gasteiger partial charge in [-0.2, -0.15) is 0 Å². The van der Waals surface area contributed by atoms with Crippen molar-refractivity contribution in [2.45, 2.75) is 65.8 Å². The highest BCUT2D eigenvalue weighted by Gasteiger charge is 2.35. The van der Waals surface area contributed by atoms with Crippen molar-refractivity contribution in [3.63, 3.8) is 0 Å². The van der Waals surface area contributed by atoms with Crippen LogP contribution in [0.25, 0.3) is 0 Å². The molecule has 0 spiro atoms. The van der Waals surface area contributed by atoms with Crippen molar-refractivity contribution in [2.24, 2.45) is 11.1 Å². The third-order valence-electron chi connectivity index (χ3n) is 4.56. The largest absolute Gasteiger partial charge is 0.343 e. The van der Waals surface area contributed by atoms with E-state index in [4.69, 9.17) is 5.73 Å². The van der Waals surface area contributed by atoms with E-state index < -0.39 is 0 Å². The molecule has 0 radical (unpaired) electrons. The standard InChI is InChI=1S/C17H33N3O2.ClH/c1-5-10-19(11-6-2)15(21)7-8-16(22)20-12-9-14(18)17(3,4)13-20;/h14H,5-13,18H2,1-4H3;1H. The first-order chi connectivity index (χ1) is 10.3. The summed E-state index contributed by atoms with van der Waals surface area (Å²) >= 11 is 0. The van der Waals surface area contributed by atoms with Crippen LogP contribution >= 0.6 is 12.4 Å². The summed E-state index contributed by atoms with van der Waals surface area (Å²) in [4.78, 5) is 28.3. The summed E-state index contributed by atoms with van der Waals surface area (Å²) in [7, 11) is 0. The van der Waals surface area contributed by atoms with Crippen LogP contribution in [0.5, 0.6) is 0 Å². The minimum Gasteiger partial charge on any atom is -0.343 e. The van der Waals surface area contributed by atoms with Crippen molar-refractivity contribution in [1.29, 1.82) is 0 Å². The van der Waals surface area contributed by atoms with Gasteiger partial charge in [-0.15, -0.1) is 12.4 Å². The Hall–Kier alpha value is -0.810. The molecule has 1 saturated heterocycles. The van der Waals surface area contributed by atoms with Crippen molar-refractivity contribution in [3.05, 3.63) is 0 Å². The van der Waals surface area contributed by atoms with Crippen molar-refractivity contribution in [1.82, 2.24) is 9.80 Å². The third-order valence-corrected chi connectivity index (χ3v) is 4.56. The molecule has 6 heteroatoms. The van der Waals surface area contributed by atoms with E-state index in [0.29, 0.717) is 25.9 Å². The Morgan fingerprint density at radius 1 is 1.17 bits per heavy atom. The molecule has 1 heterocycles. The Labute approximate surface area is 147 Å². The van der Waals surface area contributed by atoms with E-state index in [-0.39, 0.29) is 35.7 Å². The van der Waals surface area contributed by atoms with Gasteiger partial charge in [0.15, 0.2) is 0 Å². The number of hydrogen-bond donors (Lipinski definition) is 1. The molecule has 0 aromatic carbocycles. The number of piperidine rings is 1. The molecule has 0 aromatic heterocycles. The number of carbonyl (C=O) groups excluding carboxylic acids is 2. The summed E-state index contributed by atoms with van der Waals surface area (Å²) in [5, 5.41) is 0. The van der Waals surface area contributed by atoms with Crippen LogP contribution in [0.2, 0.25) is 0 Å². The Balaban J connectivity index is 0.00000484. The first-order valence-corrected chi connectivity index (χ1v) is 8.63. The fourth-order valence-electron chi connectivity index (χ4n) is 3.02. The quantitative estimate of drug-likeness (QED) is 0.769. The number of rotatable bonds is 7. The summed E-state index contributed by atoms with van der Waals surface area (Å²) in [5.74, 6) is 0.186. The molecular weight excluding hydrogens is 314 g/mol. The molecule has 1 rings (SSSR count). The molecule has 0 bridgehead atoms. The highest BCUT2D eigenvalue weighted by Crippen LogP contribution is 2.28. The molecule has 1 fully saturated rings. The SMILES string of the molecule is CCCN(CCC)C(=O)CCC(=O)N1CCC(N)C(C)(C)C1.Cl. The molecule has 1 aliphatic rings. The van der Waals surface area contributed by atoms with Crippen molar-refractivity contribution in [3.8, 4) is 0 Å². The highest BCUT2D eigenvalue weighted by atomic mass is 35.5. The predicted octanol–water partition coefficient (Wildman–Crippen LogP) is 2.42. The summed E-state index contributed by atoms with van der Waals surface area (Å²) < 4.78 is 0. The van der Waals surface area contributed by atoms with Crippen LogP contribution in [-0.2, 0) is 9.59 Å². The van der Waals surface area contributed by atoms with Crippen LogP contribution < -0.4 is 5.73 Å². The van der Waals surface area contributed by atoms with Gasteiger partial charge in [-0.05, 0) is 24.7 Å². The average Bonchev–Trinajstić information content (AvgIpc) is 2.47. The summed E-state index contributed by atoms with van der Waals surface area (Å²) in [6, 6.07) is 0.141. The first-order valence-electron chi connectivity index (χ1n) is 8.63. The first kappa shape index (κ1) is 22.2. The molecule has 136 valence electrons. The number of hydrogen-bond acceptors (Lipinski definition) is 3.